The second-order valence-corrected chi connectivity index (χ2v) is 5.39. The maximum Gasteiger partial charge on any atom is 0.329 e. The van der Waals surface area contributed by atoms with Crippen LogP contribution in [0.1, 0.15) is 18.4 Å². The predicted molar refractivity (Wildman–Crippen MR) is 93.7 cm³/mol. The number of amides is 2. The van der Waals surface area contributed by atoms with Gasteiger partial charge in [-0.1, -0.05) is 12.1 Å². The van der Waals surface area contributed by atoms with E-state index in [-0.39, 0.29) is 6.54 Å². The Labute approximate surface area is 148 Å². The molecule has 0 atom stereocenters. The summed E-state index contributed by atoms with van der Waals surface area (Å²) in [6, 6.07) is 10.7. The minimum absolute atomic E-state index is 0.116. The summed E-state index contributed by atoms with van der Waals surface area (Å²) in [5.74, 6) is -0.0976. The standard InChI is InChI=1S/C18H17N3O5/c1-11(15-9-12-5-3-7-14(24-2)16(12)26-15)20-21-18(23)17(22)19-10-13-6-4-8-25-13/h3-9H,10H2,1-2H3,(H,19,22)(H,21,23)/b20-11-. The molecule has 0 spiro atoms. The highest BCUT2D eigenvalue weighted by atomic mass is 16.5. The molecular formula is C18H17N3O5. The van der Waals surface area contributed by atoms with E-state index in [4.69, 9.17) is 13.6 Å². The first-order chi connectivity index (χ1) is 12.6. The number of nitrogens with one attached hydrogen (secondary N) is 2. The first-order valence-electron chi connectivity index (χ1n) is 7.80. The molecular weight excluding hydrogens is 338 g/mol. The van der Waals surface area contributed by atoms with Gasteiger partial charge in [0, 0.05) is 5.39 Å². The molecule has 0 aliphatic heterocycles. The molecule has 1 aromatic carbocycles. The van der Waals surface area contributed by atoms with Gasteiger partial charge in [0.2, 0.25) is 0 Å². The molecule has 2 aromatic heterocycles. The highest BCUT2D eigenvalue weighted by molar-refractivity contribution is 6.35. The van der Waals surface area contributed by atoms with Crippen molar-refractivity contribution in [1.29, 1.82) is 0 Å². The van der Waals surface area contributed by atoms with Gasteiger partial charge in [-0.2, -0.15) is 5.10 Å². The first-order valence-corrected chi connectivity index (χ1v) is 7.80. The summed E-state index contributed by atoms with van der Waals surface area (Å²) in [5, 5.41) is 7.18. The number of hydrazone groups is 1. The zero-order valence-electron chi connectivity index (χ0n) is 14.2. The van der Waals surface area contributed by atoms with E-state index >= 15 is 0 Å². The van der Waals surface area contributed by atoms with E-state index in [2.05, 4.69) is 15.8 Å². The second kappa shape index (κ2) is 7.56. The fraction of sp³-hybridized carbons (Fsp3) is 0.167. The Morgan fingerprint density at radius 3 is 2.77 bits per heavy atom. The molecule has 0 unspecified atom stereocenters. The Morgan fingerprint density at radius 2 is 2.04 bits per heavy atom. The Kier molecular flexibility index (Phi) is 5.02. The number of para-hydroxylation sites is 1. The molecule has 26 heavy (non-hydrogen) atoms. The fourth-order valence-corrected chi connectivity index (χ4v) is 2.28. The van der Waals surface area contributed by atoms with Gasteiger partial charge in [-0.15, -0.1) is 0 Å². The van der Waals surface area contributed by atoms with E-state index in [9.17, 15) is 9.59 Å². The monoisotopic (exact) mass is 355 g/mol. The van der Waals surface area contributed by atoms with E-state index in [1.54, 1.807) is 38.3 Å². The number of ether oxygens (including phenoxy) is 1. The van der Waals surface area contributed by atoms with Crippen LogP contribution in [-0.2, 0) is 16.1 Å². The smallest absolute Gasteiger partial charge is 0.329 e. The average molecular weight is 355 g/mol. The molecule has 2 N–H and O–H groups in total. The van der Waals surface area contributed by atoms with Gasteiger partial charge >= 0.3 is 11.8 Å². The molecule has 0 aliphatic carbocycles. The summed E-state index contributed by atoms with van der Waals surface area (Å²) in [4.78, 5) is 23.5. The minimum atomic E-state index is -0.885. The van der Waals surface area contributed by atoms with E-state index in [0.29, 0.717) is 28.6 Å². The number of nitrogens with zero attached hydrogens (tertiary/aromatic N) is 1. The van der Waals surface area contributed by atoms with Gasteiger partial charge in [-0.25, -0.2) is 5.43 Å². The molecule has 0 saturated carbocycles. The van der Waals surface area contributed by atoms with Crippen molar-refractivity contribution in [1.82, 2.24) is 10.7 Å². The average Bonchev–Trinajstić information content (AvgIpc) is 3.32. The molecule has 0 saturated heterocycles. The van der Waals surface area contributed by atoms with Gasteiger partial charge in [-0.3, -0.25) is 9.59 Å². The van der Waals surface area contributed by atoms with Crippen LogP contribution < -0.4 is 15.5 Å². The Morgan fingerprint density at radius 1 is 1.19 bits per heavy atom. The lowest BCUT2D eigenvalue weighted by molar-refractivity contribution is -0.139. The van der Waals surface area contributed by atoms with Crippen LogP contribution in [0.3, 0.4) is 0 Å². The van der Waals surface area contributed by atoms with Crippen LogP contribution in [0.2, 0.25) is 0 Å². The second-order valence-electron chi connectivity index (χ2n) is 5.39. The number of benzene rings is 1. The summed E-state index contributed by atoms with van der Waals surface area (Å²) in [7, 11) is 1.56. The number of furan rings is 2. The Balaban J connectivity index is 1.64. The molecule has 0 bridgehead atoms. The van der Waals surface area contributed by atoms with Crippen LogP contribution in [0.5, 0.6) is 5.75 Å². The van der Waals surface area contributed by atoms with Crippen molar-refractivity contribution in [3.05, 3.63) is 54.2 Å². The van der Waals surface area contributed by atoms with Gasteiger partial charge in [0.1, 0.15) is 11.5 Å². The number of carbonyl (C=O) groups excluding carboxylic acids is 2. The molecule has 2 heterocycles. The lowest BCUT2D eigenvalue weighted by atomic mass is 10.2. The predicted octanol–water partition coefficient (Wildman–Crippen LogP) is 2.19. The largest absolute Gasteiger partial charge is 0.493 e. The number of rotatable bonds is 5. The maximum absolute atomic E-state index is 11.8. The van der Waals surface area contributed by atoms with Crippen LogP contribution in [-0.4, -0.2) is 24.6 Å². The van der Waals surface area contributed by atoms with Gasteiger partial charge in [0.05, 0.1) is 19.9 Å². The highest BCUT2D eigenvalue weighted by Crippen LogP contribution is 2.28. The molecule has 8 nitrogen and oxygen atoms in total. The summed E-state index contributed by atoms with van der Waals surface area (Å²) >= 11 is 0. The van der Waals surface area contributed by atoms with E-state index < -0.39 is 11.8 Å². The quantitative estimate of drug-likeness (QED) is 0.414. The number of fused-ring (bicyclic) bond motifs is 1. The first kappa shape index (κ1) is 17.3. The molecule has 3 rings (SSSR count). The number of hydrogen-bond acceptors (Lipinski definition) is 6. The fourth-order valence-electron chi connectivity index (χ4n) is 2.28. The molecule has 8 heteroatoms. The van der Waals surface area contributed by atoms with Crippen molar-refractivity contribution in [2.45, 2.75) is 13.5 Å². The van der Waals surface area contributed by atoms with Gasteiger partial charge < -0.3 is 18.9 Å². The maximum atomic E-state index is 11.8. The summed E-state index contributed by atoms with van der Waals surface area (Å²) in [6.45, 7) is 1.77. The van der Waals surface area contributed by atoms with E-state index in [0.717, 1.165) is 5.39 Å². The van der Waals surface area contributed by atoms with Crippen molar-refractivity contribution in [3.63, 3.8) is 0 Å². The minimum Gasteiger partial charge on any atom is -0.493 e. The zero-order valence-corrected chi connectivity index (χ0v) is 14.2. The van der Waals surface area contributed by atoms with Gasteiger partial charge in [0.15, 0.2) is 17.1 Å². The topological polar surface area (TPSA) is 106 Å². The van der Waals surface area contributed by atoms with Gasteiger partial charge in [-0.05, 0) is 31.2 Å². The zero-order chi connectivity index (χ0) is 18.5. The Bertz CT molecular complexity index is 957. The molecule has 0 aliphatic rings. The van der Waals surface area contributed by atoms with Crippen molar-refractivity contribution >= 4 is 28.5 Å². The van der Waals surface area contributed by atoms with Crippen molar-refractivity contribution in [2.75, 3.05) is 7.11 Å². The van der Waals surface area contributed by atoms with E-state index in [1.165, 1.54) is 6.26 Å². The normalized spacial score (nSPS) is 11.4. The van der Waals surface area contributed by atoms with E-state index in [1.807, 2.05) is 12.1 Å². The SMILES string of the molecule is COc1cccc2cc(/C(C)=N\NC(=O)C(=O)NCc3ccco3)oc12. The lowest BCUT2D eigenvalue weighted by Crippen LogP contribution is -2.37. The molecule has 134 valence electrons. The molecule has 3 aromatic rings. The van der Waals surface area contributed by atoms with Crippen LogP contribution in [0.15, 0.2) is 56.6 Å². The molecule has 2 amide bonds. The van der Waals surface area contributed by atoms with Crippen LogP contribution in [0, 0.1) is 0 Å². The third-order valence-electron chi connectivity index (χ3n) is 3.62. The van der Waals surface area contributed by atoms with Gasteiger partial charge in [0.25, 0.3) is 0 Å². The number of hydrogen-bond donors (Lipinski definition) is 2. The molecule has 0 fully saturated rings. The van der Waals surface area contributed by atoms with Crippen molar-refractivity contribution < 1.29 is 23.2 Å². The van der Waals surface area contributed by atoms with Crippen LogP contribution in [0.4, 0.5) is 0 Å². The van der Waals surface area contributed by atoms with Crippen molar-refractivity contribution in [3.8, 4) is 5.75 Å². The highest BCUT2D eigenvalue weighted by Gasteiger charge is 2.14. The third-order valence-corrected chi connectivity index (χ3v) is 3.62. The number of methoxy groups -OCH3 is 1. The van der Waals surface area contributed by atoms with Crippen molar-refractivity contribution in [2.24, 2.45) is 5.10 Å². The summed E-state index contributed by atoms with van der Waals surface area (Å²) < 4.78 is 16.0. The summed E-state index contributed by atoms with van der Waals surface area (Å²) in [5.41, 5.74) is 3.20. The lowest BCUT2D eigenvalue weighted by Gasteiger charge is -2.02. The van der Waals surface area contributed by atoms with Crippen LogP contribution >= 0.6 is 0 Å². The molecule has 0 radical (unpaired) electrons. The third kappa shape index (κ3) is 3.75. The Hall–Kier alpha value is -3.55. The summed E-state index contributed by atoms with van der Waals surface area (Å²) in [6.07, 6.45) is 1.48. The van der Waals surface area contributed by atoms with Crippen LogP contribution in [0.25, 0.3) is 11.0 Å². The number of carbonyl (C=O) groups is 2.